The number of nitrogens with zero attached hydrogens (tertiary/aromatic N) is 1. The minimum atomic E-state index is -0.415. The van der Waals surface area contributed by atoms with Crippen LogP contribution in [-0.2, 0) is 4.79 Å². The Labute approximate surface area is 128 Å². The smallest absolute Gasteiger partial charge is 0.271 e. The lowest BCUT2D eigenvalue weighted by Crippen LogP contribution is -2.42. The Hall–Kier alpha value is -2.89. The summed E-state index contributed by atoms with van der Waals surface area (Å²) in [6, 6.07) is 10.8. The number of hydrogen-bond acceptors (Lipinski definition) is 4. The quantitative estimate of drug-likeness (QED) is 0.822. The number of hydrogen-bond donors (Lipinski definition) is 2. The predicted octanol–water partition coefficient (Wildman–Crippen LogP) is 1.62. The Morgan fingerprint density at radius 2 is 1.95 bits per heavy atom. The fourth-order valence-corrected chi connectivity index (χ4v) is 1.73. The van der Waals surface area contributed by atoms with Crippen molar-refractivity contribution in [3.63, 3.8) is 0 Å². The molecule has 2 amide bonds. The van der Waals surface area contributed by atoms with Gasteiger partial charge in [0.15, 0.2) is 0 Å². The van der Waals surface area contributed by atoms with E-state index in [4.69, 9.17) is 4.74 Å². The number of nitrogens with one attached hydrogen (secondary N) is 2. The molecule has 0 atom stereocenters. The van der Waals surface area contributed by atoms with E-state index in [1.807, 2.05) is 31.2 Å². The average Bonchev–Trinajstić information content (AvgIpc) is 2.55. The first kappa shape index (κ1) is 15.5. The molecule has 114 valence electrons. The van der Waals surface area contributed by atoms with E-state index in [1.165, 1.54) is 6.20 Å². The number of ether oxygens (including phenoxy) is 1. The molecule has 2 N–H and O–H groups in total. The largest absolute Gasteiger partial charge is 0.493 e. The van der Waals surface area contributed by atoms with Crippen molar-refractivity contribution in [1.82, 2.24) is 15.8 Å². The first-order chi connectivity index (χ1) is 10.7. The van der Waals surface area contributed by atoms with Gasteiger partial charge in [-0.2, -0.15) is 0 Å². The van der Waals surface area contributed by atoms with Crippen LogP contribution in [0.15, 0.2) is 48.8 Å². The molecule has 0 aliphatic heterocycles. The van der Waals surface area contributed by atoms with Gasteiger partial charge in [-0.05, 0) is 30.7 Å². The van der Waals surface area contributed by atoms with Crippen LogP contribution >= 0.6 is 0 Å². The molecule has 1 aromatic heterocycles. The summed E-state index contributed by atoms with van der Waals surface area (Å²) in [6.45, 7) is 2.17. The van der Waals surface area contributed by atoms with Gasteiger partial charge in [0, 0.05) is 12.4 Å². The summed E-state index contributed by atoms with van der Waals surface area (Å²) in [5.74, 6) is 0.00166. The van der Waals surface area contributed by atoms with Gasteiger partial charge in [-0.15, -0.1) is 0 Å². The average molecular weight is 299 g/mol. The summed E-state index contributed by atoms with van der Waals surface area (Å²) in [5.41, 5.74) is 6.04. The van der Waals surface area contributed by atoms with Crippen molar-refractivity contribution in [3.05, 3.63) is 59.9 Å². The number of benzene rings is 1. The van der Waals surface area contributed by atoms with Crippen LogP contribution in [-0.4, -0.2) is 23.4 Å². The summed E-state index contributed by atoms with van der Waals surface area (Å²) in [5, 5.41) is 0. The second-order valence-electron chi connectivity index (χ2n) is 4.61. The molecule has 6 heteroatoms. The summed E-state index contributed by atoms with van der Waals surface area (Å²) >= 11 is 0. The van der Waals surface area contributed by atoms with Gasteiger partial charge in [-0.25, -0.2) is 0 Å². The van der Waals surface area contributed by atoms with Crippen molar-refractivity contribution >= 4 is 11.8 Å². The van der Waals surface area contributed by atoms with Crippen LogP contribution in [0.4, 0.5) is 0 Å². The van der Waals surface area contributed by atoms with E-state index in [0.29, 0.717) is 5.56 Å². The maximum Gasteiger partial charge on any atom is 0.271 e. The third kappa shape index (κ3) is 4.59. The third-order valence-corrected chi connectivity index (χ3v) is 2.92. The van der Waals surface area contributed by atoms with Crippen molar-refractivity contribution < 1.29 is 14.3 Å². The van der Waals surface area contributed by atoms with Crippen molar-refractivity contribution in [2.45, 2.75) is 13.3 Å². The van der Waals surface area contributed by atoms with E-state index in [1.54, 1.807) is 18.3 Å². The van der Waals surface area contributed by atoms with Crippen molar-refractivity contribution in [1.29, 1.82) is 0 Å². The normalized spacial score (nSPS) is 9.86. The van der Waals surface area contributed by atoms with Crippen LogP contribution in [0.3, 0.4) is 0 Å². The number of carbonyl (C=O) groups is 2. The number of pyridine rings is 1. The Morgan fingerprint density at radius 3 is 2.68 bits per heavy atom. The van der Waals surface area contributed by atoms with Gasteiger partial charge >= 0.3 is 0 Å². The number of hydrazine groups is 1. The second-order valence-corrected chi connectivity index (χ2v) is 4.61. The lowest BCUT2D eigenvalue weighted by Gasteiger charge is -2.09. The van der Waals surface area contributed by atoms with Gasteiger partial charge in [0.25, 0.3) is 5.91 Å². The van der Waals surface area contributed by atoms with Crippen LogP contribution < -0.4 is 15.6 Å². The number of amides is 2. The summed E-state index contributed by atoms with van der Waals surface area (Å²) in [6.07, 6.45) is 3.13. The van der Waals surface area contributed by atoms with Gasteiger partial charge in [0.05, 0.1) is 18.6 Å². The van der Waals surface area contributed by atoms with Gasteiger partial charge < -0.3 is 4.74 Å². The first-order valence-electron chi connectivity index (χ1n) is 6.84. The molecule has 0 spiro atoms. The highest BCUT2D eigenvalue weighted by molar-refractivity contribution is 5.95. The maximum absolute atomic E-state index is 11.7. The molecule has 1 heterocycles. The van der Waals surface area contributed by atoms with Gasteiger partial charge in [0.1, 0.15) is 5.75 Å². The zero-order chi connectivity index (χ0) is 15.8. The fraction of sp³-hybridized carbons (Fsp3) is 0.188. The molecule has 1 aromatic carbocycles. The molecule has 2 rings (SSSR count). The summed E-state index contributed by atoms with van der Waals surface area (Å²) in [4.78, 5) is 27.2. The number of aryl methyl sites for hydroxylation is 1. The lowest BCUT2D eigenvalue weighted by atomic mass is 10.2. The first-order valence-corrected chi connectivity index (χ1v) is 6.84. The SMILES string of the molecule is Cc1ccccc1OCCC(=O)NNC(=O)c1cccnc1. The van der Waals surface area contributed by atoms with Crippen molar-refractivity contribution in [2.24, 2.45) is 0 Å². The van der Waals surface area contributed by atoms with E-state index in [2.05, 4.69) is 15.8 Å². The lowest BCUT2D eigenvalue weighted by molar-refractivity contribution is -0.122. The second kappa shape index (κ2) is 7.78. The molecule has 0 aliphatic carbocycles. The maximum atomic E-state index is 11.7. The Kier molecular flexibility index (Phi) is 5.48. The summed E-state index contributed by atoms with van der Waals surface area (Å²) < 4.78 is 5.52. The number of para-hydroxylation sites is 1. The molecule has 0 fully saturated rings. The Balaban J connectivity index is 1.70. The monoisotopic (exact) mass is 299 g/mol. The molecule has 0 saturated heterocycles. The van der Waals surface area contributed by atoms with Crippen LogP contribution in [0.2, 0.25) is 0 Å². The van der Waals surface area contributed by atoms with Gasteiger partial charge in [-0.1, -0.05) is 18.2 Å². The molecule has 0 aliphatic rings. The minimum Gasteiger partial charge on any atom is -0.493 e. The zero-order valence-electron chi connectivity index (χ0n) is 12.2. The molecule has 22 heavy (non-hydrogen) atoms. The number of aromatic nitrogens is 1. The Bertz CT molecular complexity index is 644. The fourth-order valence-electron chi connectivity index (χ4n) is 1.73. The third-order valence-electron chi connectivity index (χ3n) is 2.92. The molecule has 6 nitrogen and oxygen atoms in total. The van der Waals surface area contributed by atoms with E-state index in [0.717, 1.165) is 11.3 Å². The number of carbonyl (C=O) groups excluding carboxylic acids is 2. The summed E-state index contributed by atoms with van der Waals surface area (Å²) in [7, 11) is 0. The number of rotatable bonds is 5. The molecule has 0 radical (unpaired) electrons. The zero-order valence-corrected chi connectivity index (χ0v) is 12.2. The van der Waals surface area contributed by atoms with E-state index < -0.39 is 5.91 Å². The highest BCUT2D eigenvalue weighted by atomic mass is 16.5. The topological polar surface area (TPSA) is 80.3 Å². The van der Waals surface area contributed by atoms with E-state index in [9.17, 15) is 9.59 Å². The van der Waals surface area contributed by atoms with Crippen LogP contribution in [0.5, 0.6) is 5.75 Å². The molecular weight excluding hydrogens is 282 g/mol. The highest BCUT2D eigenvalue weighted by Crippen LogP contribution is 2.15. The molecular formula is C16H17N3O3. The van der Waals surface area contributed by atoms with Crippen molar-refractivity contribution in [2.75, 3.05) is 6.61 Å². The standard InChI is InChI=1S/C16H17N3O3/c1-12-5-2-3-7-14(12)22-10-8-15(20)18-19-16(21)13-6-4-9-17-11-13/h2-7,9,11H,8,10H2,1H3,(H,18,20)(H,19,21). The van der Waals surface area contributed by atoms with E-state index >= 15 is 0 Å². The van der Waals surface area contributed by atoms with E-state index in [-0.39, 0.29) is 18.9 Å². The van der Waals surface area contributed by atoms with Crippen LogP contribution in [0, 0.1) is 6.92 Å². The molecule has 0 saturated carbocycles. The van der Waals surface area contributed by atoms with Gasteiger partial charge in [0.2, 0.25) is 5.91 Å². The minimum absolute atomic E-state index is 0.141. The van der Waals surface area contributed by atoms with Crippen molar-refractivity contribution in [3.8, 4) is 5.75 Å². The molecule has 0 bridgehead atoms. The molecule has 0 unspecified atom stereocenters. The molecule has 2 aromatic rings. The Morgan fingerprint density at radius 1 is 1.14 bits per heavy atom. The van der Waals surface area contributed by atoms with Crippen LogP contribution in [0.1, 0.15) is 22.3 Å². The van der Waals surface area contributed by atoms with Crippen LogP contribution in [0.25, 0.3) is 0 Å². The highest BCUT2D eigenvalue weighted by Gasteiger charge is 2.07. The van der Waals surface area contributed by atoms with Gasteiger partial charge in [-0.3, -0.25) is 25.4 Å². The predicted molar refractivity (Wildman–Crippen MR) is 81.1 cm³/mol.